The van der Waals surface area contributed by atoms with Crippen molar-refractivity contribution in [3.05, 3.63) is 35.4 Å². The number of nitrogens with two attached hydrogens (primary N) is 1. The highest BCUT2D eigenvalue weighted by atomic mass is 32.1. The third-order valence-corrected chi connectivity index (χ3v) is 2.22. The highest BCUT2D eigenvalue weighted by Gasteiger charge is 2.09. The van der Waals surface area contributed by atoms with E-state index >= 15 is 0 Å². The van der Waals surface area contributed by atoms with Crippen LogP contribution in [-0.4, -0.2) is 16.1 Å². The number of rotatable bonds is 1. The van der Waals surface area contributed by atoms with Gasteiger partial charge in [-0.05, 0) is 43.0 Å². The molecule has 0 aliphatic heterocycles. The molecule has 0 unspecified atom stereocenters. The first-order chi connectivity index (χ1) is 8.00. The van der Waals surface area contributed by atoms with Crippen molar-refractivity contribution in [3.63, 3.8) is 0 Å². The molecule has 5 nitrogen and oxygen atoms in total. The lowest BCUT2D eigenvalue weighted by molar-refractivity contribution is 0.0976. The van der Waals surface area contributed by atoms with Gasteiger partial charge in [-0.2, -0.15) is 0 Å². The van der Waals surface area contributed by atoms with E-state index in [1.54, 1.807) is 12.1 Å². The van der Waals surface area contributed by atoms with Gasteiger partial charge in [-0.15, -0.1) is 0 Å². The van der Waals surface area contributed by atoms with Gasteiger partial charge in [0.25, 0.3) is 5.91 Å². The average Bonchev–Trinajstić information content (AvgIpc) is 2.26. The number of hydrogen-bond donors (Lipinski definition) is 4. The molecule has 1 aromatic rings. The zero-order valence-corrected chi connectivity index (χ0v) is 10.7. The van der Waals surface area contributed by atoms with Crippen LogP contribution in [0.3, 0.4) is 0 Å². The molecular weight excluding hydrogens is 256 g/mol. The normalized spacial score (nSPS) is 9.24. The van der Waals surface area contributed by atoms with Gasteiger partial charge in [0.1, 0.15) is 0 Å². The fourth-order valence-corrected chi connectivity index (χ4v) is 1.34. The summed E-state index contributed by atoms with van der Waals surface area (Å²) in [4.78, 5) is 11.8. The first kappa shape index (κ1) is 13.3. The molecule has 0 spiro atoms. The quantitative estimate of drug-likeness (QED) is 0.435. The summed E-state index contributed by atoms with van der Waals surface area (Å²) in [6.07, 6.45) is 0. The van der Waals surface area contributed by atoms with E-state index in [0.29, 0.717) is 5.56 Å². The van der Waals surface area contributed by atoms with Gasteiger partial charge in [0, 0.05) is 5.56 Å². The van der Waals surface area contributed by atoms with E-state index in [-0.39, 0.29) is 16.1 Å². The predicted octanol–water partition coefficient (Wildman–Crippen LogP) is 0.348. The van der Waals surface area contributed by atoms with Crippen LogP contribution in [0, 0.1) is 6.92 Å². The molecule has 0 aliphatic carbocycles. The van der Waals surface area contributed by atoms with Gasteiger partial charge in [0.05, 0.1) is 0 Å². The third kappa shape index (κ3) is 4.33. The molecule has 17 heavy (non-hydrogen) atoms. The van der Waals surface area contributed by atoms with Crippen molar-refractivity contribution in [2.75, 3.05) is 0 Å². The average molecular weight is 268 g/mol. The standard InChI is InChI=1S/C10H12N4OS2/c1-6-4-2-3-5-7(6)8(15)12-10(17)14-13-9(11)16/h2-5H,1H3,(H3,11,13,16)(H2,12,14,15,17). The maximum atomic E-state index is 11.8. The number of hydrazine groups is 1. The maximum absolute atomic E-state index is 11.8. The zero-order valence-electron chi connectivity index (χ0n) is 9.11. The second-order valence-electron chi connectivity index (χ2n) is 3.21. The molecule has 0 aliphatic rings. The summed E-state index contributed by atoms with van der Waals surface area (Å²) >= 11 is 9.44. The smallest absolute Gasteiger partial charge is 0.257 e. The lowest BCUT2D eigenvalue weighted by Gasteiger charge is -2.11. The van der Waals surface area contributed by atoms with Crippen LogP contribution in [0.2, 0.25) is 0 Å². The largest absolute Gasteiger partial charge is 0.375 e. The Kier molecular flexibility index (Phi) is 4.80. The molecule has 0 atom stereocenters. The van der Waals surface area contributed by atoms with Crippen LogP contribution in [-0.2, 0) is 0 Å². The van der Waals surface area contributed by atoms with Gasteiger partial charge in [-0.1, -0.05) is 18.2 Å². The van der Waals surface area contributed by atoms with E-state index in [4.69, 9.17) is 18.0 Å². The summed E-state index contributed by atoms with van der Waals surface area (Å²) < 4.78 is 0. The summed E-state index contributed by atoms with van der Waals surface area (Å²) in [7, 11) is 0. The van der Waals surface area contributed by atoms with Crippen molar-refractivity contribution in [1.82, 2.24) is 16.2 Å². The molecule has 0 fully saturated rings. The Balaban J connectivity index is 2.58. The zero-order chi connectivity index (χ0) is 12.8. The fourth-order valence-electron chi connectivity index (χ4n) is 1.15. The number of nitrogens with one attached hydrogen (secondary N) is 3. The second kappa shape index (κ2) is 6.12. The van der Waals surface area contributed by atoms with Gasteiger partial charge in [-0.25, -0.2) is 0 Å². The Morgan fingerprint density at radius 1 is 1.24 bits per heavy atom. The Morgan fingerprint density at radius 2 is 1.88 bits per heavy atom. The van der Waals surface area contributed by atoms with Crippen LogP contribution < -0.4 is 21.9 Å². The first-order valence-electron chi connectivity index (χ1n) is 4.73. The van der Waals surface area contributed by atoms with Crippen molar-refractivity contribution in [3.8, 4) is 0 Å². The van der Waals surface area contributed by atoms with Crippen LogP contribution in [0.5, 0.6) is 0 Å². The summed E-state index contributed by atoms with van der Waals surface area (Å²) in [5.41, 5.74) is 11.5. The highest BCUT2D eigenvalue weighted by molar-refractivity contribution is 7.80. The van der Waals surface area contributed by atoms with Gasteiger partial charge in [-0.3, -0.25) is 21.0 Å². The molecule has 1 amide bonds. The summed E-state index contributed by atoms with van der Waals surface area (Å²) in [5.74, 6) is -0.287. The summed E-state index contributed by atoms with van der Waals surface area (Å²) in [6, 6.07) is 7.20. The van der Waals surface area contributed by atoms with Crippen molar-refractivity contribution in [1.29, 1.82) is 0 Å². The maximum Gasteiger partial charge on any atom is 0.257 e. The van der Waals surface area contributed by atoms with Gasteiger partial charge in [0.2, 0.25) is 0 Å². The van der Waals surface area contributed by atoms with Crippen molar-refractivity contribution in [2.24, 2.45) is 5.73 Å². The second-order valence-corrected chi connectivity index (χ2v) is 4.06. The van der Waals surface area contributed by atoms with E-state index in [2.05, 4.69) is 28.4 Å². The Labute approximate surface area is 110 Å². The van der Waals surface area contributed by atoms with E-state index in [0.717, 1.165) is 5.56 Å². The van der Waals surface area contributed by atoms with E-state index in [9.17, 15) is 4.79 Å². The van der Waals surface area contributed by atoms with E-state index in [1.807, 2.05) is 19.1 Å². The van der Waals surface area contributed by atoms with Crippen LogP contribution in [0.25, 0.3) is 0 Å². The molecule has 5 N–H and O–H groups in total. The van der Waals surface area contributed by atoms with Crippen molar-refractivity contribution < 1.29 is 4.79 Å². The molecule has 0 saturated heterocycles. The highest BCUT2D eigenvalue weighted by Crippen LogP contribution is 2.05. The molecule has 1 rings (SSSR count). The summed E-state index contributed by atoms with van der Waals surface area (Å²) in [6.45, 7) is 1.85. The monoisotopic (exact) mass is 268 g/mol. The molecular formula is C10H12N4OS2. The van der Waals surface area contributed by atoms with E-state index < -0.39 is 0 Å². The molecule has 0 radical (unpaired) electrons. The lowest BCUT2D eigenvalue weighted by atomic mass is 10.1. The minimum absolute atomic E-state index is 0.0393. The molecule has 90 valence electrons. The Morgan fingerprint density at radius 3 is 2.47 bits per heavy atom. The molecule has 0 heterocycles. The Hall–Kier alpha value is -1.73. The van der Waals surface area contributed by atoms with Crippen LogP contribution >= 0.6 is 24.4 Å². The van der Waals surface area contributed by atoms with Crippen LogP contribution in [0.15, 0.2) is 24.3 Å². The molecule has 0 bridgehead atoms. The number of carbonyl (C=O) groups is 1. The van der Waals surface area contributed by atoms with Crippen molar-refractivity contribution >= 4 is 40.6 Å². The van der Waals surface area contributed by atoms with Crippen molar-refractivity contribution in [2.45, 2.75) is 6.92 Å². The fraction of sp³-hybridized carbons (Fsp3) is 0.100. The molecule has 1 aromatic carbocycles. The van der Waals surface area contributed by atoms with Crippen LogP contribution in [0.4, 0.5) is 0 Å². The number of benzene rings is 1. The van der Waals surface area contributed by atoms with Crippen LogP contribution in [0.1, 0.15) is 15.9 Å². The SMILES string of the molecule is Cc1ccccc1C(=O)NC(=S)NNC(N)=S. The number of amides is 1. The molecule has 7 heteroatoms. The predicted molar refractivity (Wildman–Crippen MR) is 74.3 cm³/mol. The Bertz CT molecular complexity index is 461. The van der Waals surface area contributed by atoms with Gasteiger partial charge >= 0.3 is 0 Å². The third-order valence-electron chi connectivity index (χ3n) is 1.92. The van der Waals surface area contributed by atoms with Gasteiger partial charge < -0.3 is 5.73 Å². The number of hydrogen-bond acceptors (Lipinski definition) is 3. The lowest BCUT2D eigenvalue weighted by Crippen LogP contribution is -2.50. The van der Waals surface area contributed by atoms with E-state index in [1.165, 1.54) is 0 Å². The minimum atomic E-state index is -0.287. The summed E-state index contributed by atoms with van der Waals surface area (Å²) in [5, 5.41) is 2.64. The number of thiocarbonyl (C=S) groups is 2. The minimum Gasteiger partial charge on any atom is -0.375 e. The molecule has 0 saturated carbocycles. The first-order valence-corrected chi connectivity index (χ1v) is 5.54. The number of aryl methyl sites for hydroxylation is 1. The topological polar surface area (TPSA) is 79.2 Å². The molecule has 0 aromatic heterocycles. The van der Waals surface area contributed by atoms with Gasteiger partial charge in [0.15, 0.2) is 10.2 Å². The number of carbonyl (C=O) groups excluding carboxylic acids is 1.